The lowest BCUT2D eigenvalue weighted by Gasteiger charge is -2.29. The zero-order valence-corrected chi connectivity index (χ0v) is 14.5. The summed E-state index contributed by atoms with van der Waals surface area (Å²) in [5.74, 6) is 1.08. The van der Waals surface area contributed by atoms with E-state index in [0.717, 1.165) is 37.0 Å². The van der Waals surface area contributed by atoms with E-state index in [9.17, 15) is 9.90 Å². The molecule has 1 aliphatic rings. The zero-order chi connectivity index (χ0) is 16.9. The van der Waals surface area contributed by atoms with Crippen molar-refractivity contribution in [2.75, 3.05) is 13.7 Å². The molecule has 0 saturated heterocycles. The van der Waals surface area contributed by atoms with E-state index < -0.39 is 5.41 Å². The summed E-state index contributed by atoms with van der Waals surface area (Å²) in [4.78, 5) is 12.9. The molecule has 0 aliphatic heterocycles. The van der Waals surface area contributed by atoms with Crippen LogP contribution < -0.4 is 10.1 Å². The molecule has 4 nitrogen and oxygen atoms in total. The molecule has 1 amide bonds. The van der Waals surface area contributed by atoms with Gasteiger partial charge in [-0.15, -0.1) is 0 Å². The molecule has 1 aliphatic carbocycles. The van der Waals surface area contributed by atoms with Gasteiger partial charge in [-0.3, -0.25) is 4.79 Å². The molecule has 1 aromatic carbocycles. The van der Waals surface area contributed by atoms with Gasteiger partial charge in [-0.25, -0.2) is 0 Å². The highest BCUT2D eigenvalue weighted by molar-refractivity contribution is 5.88. The fraction of sp³-hybridized carbons (Fsp3) is 0.632. The summed E-state index contributed by atoms with van der Waals surface area (Å²) in [6.45, 7) is 4.49. The summed E-state index contributed by atoms with van der Waals surface area (Å²) < 4.78 is 5.31. The molecule has 1 saturated carbocycles. The quantitative estimate of drug-likeness (QED) is 0.812. The molecule has 0 radical (unpaired) electrons. The van der Waals surface area contributed by atoms with Crippen LogP contribution in [0, 0.1) is 5.92 Å². The van der Waals surface area contributed by atoms with Gasteiger partial charge in [0, 0.05) is 6.54 Å². The van der Waals surface area contributed by atoms with Gasteiger partial charge < -0.3 is 15.2 Å². The number of hydrogen-bond donors (Lipinski definition) is 2. The molecule has 1 atom stereocenters. The molecular formula is C19H29NO3. The topological polar surface area (TPSA) is 58.6 Å². The van der Waals surface area contributed by atoms with Crippen LogP contribution in [0.2, 0.25) is 0 Å². The standard InChI is InChI=1S/C19H29NO3/c1-14(2)17(21)9-12-20-18(22)19(10-4-5-11-19)15-7-6-8-16(13-15)23-3/h6-8,13-14,17,21H,4-5,9-12H2,1-3H3,(H,20,22)/t17-/m1/s1. The first kappa shape index (κ1) is 17.8. The van der Waals surface area contributed by atoms with Gasteiger partial charge in [0.1, 0.15) is 5.75 Å². The van der Waals surface area contributed by atoms with E-state index in [1.54, 1.807) is 7.11 Å². The highest BCUT2D eigenvalue weighted by Gasteiger charge is 2.42. The summed E-state index contributed by atoms with van der Waals surface area (Å²) in [6, 6.07) is 7.86. The molecule has 4 heteroatoms. The van der Waals surface area contributed by atoms with E-state index in [1.165, 1.54) is 0 Å². The number of methoxy groups -OCH3 is 1. The Labute approximate surface area is 139 Å². The number of benzene rings is 1. The number of rotatable bonds is 7. The minimum atomic E-state index is -0.447. The van der Waals surface area contributed by atoms with E-state index in [0.29, 0.717) is 13.0 Å². The SMILES string of the molecule is COc1cccc(C2(C(=O)NCC[C@@H](O)C(C)C)CCCC2)c1. The Morgan fingerprint density at radius 3 is 2.65 bits per heavy atom. The summed E-state index contributed by atoms with van der Waals surface area (Å²) in [7, 11) is 1.65. The van der Waals surface area contributed by atoms with Crippen LogP contribution in [0.4, 0.5) is 0 Å². The largest absolute Gasteiger partial charge is 0.497 e. The molecule has 128 valence electrons. The van der Waals surface area contributed by atoms with Crippen LogP contribution in [0.1, 0.15) is 51.5 Å². The number of amides is 1. The minimum Gasteiger partial charge on any atom is -0.497 e. The van der Waals surface area contributed by atoms with E-state index in [1.807, 2.05) is 38.1 Å². The molecule has 0 spiro atoms. The maximum atomic E-state index is 12.9. The van der Waals surface area contributed by atoms with Crippen molar-refractivity contribution in [2.45, 2.75) is 57.5 Å². The van der Waals surface area contributed by atoms with Crippen LogP contribution in [-0.2, 0) is 10.2 Å². The normalized spacial score (nSPS) is 18.0. The van der Waals surface area contributed by atoms with Crippen molar-refractivity contribution in [2.24, 2.45) is 5.92 Å². The summed E-state index contributed by atoms with van der Waals surface area (Å²) >= 11 is 0. The fourth-order valence-corrected chi connectivity index (χ4v) is 3.38. The summed E-state index contributed by atoms with van der Waals surface area (Å²) in [5.41, 5.74) is 0.591. The number of carbonyl (C=O) groups is 1. The Morgan fingerprint density at radius 1 is 1.35 bits per heavy atom. The van der Waals surface area contributed by atoms with Crippen LogP contribution >= 0.6 is 0 Å². The minimum absolute atomic E-state index is 0.0826. The second kappa shape index (κ2) is 7.82. The highest BCUT2D eigenvalue weighted by Crippen LogP contribution is 2.42. The molecular weight excluding hydrogens is 290 g/mol. The zero-order valence-electron chi connectivity index (χ0n) is 14.5. The molecule has 0 heterocycles. The van der Waals surface area contributed by atoms with Crippen molar-refractivity contribution in [1.29, 1.82) is 0 Å². The van der Waals surface area contributed by atoms with Crippen LogP contribution in [0.25, 0.3) is 0 Å². The number of ether oxygens (including phenoxy) is 1. The predicted octanol–water partition coefficient (Wildman–Crippen LogP) is 3.03. The Bertz CT molecular complexity index is 521. The molecule has 0 unspecified atom stereocenters. The predicted molar refractivity (Wildman–Crippen MR) is 91.6 cm³/mol. The first-order valence-electron chi connectivity index (χ1n) is 8.60. The van der Waals surface area contributed by atoms with Gasteiger partial charge in [0.05, 0.1) is 18.6 Å². The summed E-state index contributed by atoms with van der Waals surface area (Å²) in [6.07, 6.45) is 4.11. The first-order valence-corrected chi connectivity index (χ1v) is 8.60. The average Bonchev–Trinajstić information content (AvgIpc) is 3.05. The van der Waals surface area contributed by atoms with Gasteiger partial charge in [-0.1, -0.05) is 38.8 Å². The van der Waals surface area contributed by atoms with Gasteiger partial charge in [0.2, 0.25) is 5.91 Å². The lowest BCUT2D eigenvalue weighted by Crippen LogP contribution is -2.43. The second-order valence-electron chi connectivity index (χ2n) is 6.88. The van der Waals surface area contributed by atoms with E-state index in [4.69, 9.17) is 4.74 Å². The van der Waals surface area contributed by atoms with Crippen molar-refractivity contribution in [1.82, 2.24) is 5.32 Å². The Morgan fingerprint density at radius 2 is 2.04 bits per heavy atom. The van der Waals surface area contributed by atoms with Gasteiger partial charge in [0.15, 0.2) is 0 Å². The highest BCUT2D eigenvalue weighted by atomic mass is 16.5. The third kappa shape index (κ3) is 4.05. The first-order chi connectivity index (χ1) is 11.0. The Hall–Kier alpha value is -1.55. The molecule has 2 rings (SSSR count). The molecule has 0 bridgehead atoms. The van der Waals surface area contributed by atoms with Crippen molar-refractivity contribution in [3.63, 3.8) is 0 Å². The Kier molecular flexibility index (Phi) is 6.05. The molecule has 1 aromatic rings. The third-order valence-electron chi connectivity index (χ3n) is 5.01. The van der Waals surface area contributed by atoms with Crippen molar-refractivity contribution >= 4 is 5.91 Å². The van der Waals surface area contributed by atoms with Gasteiger partial charge in [-0.2, -0.15) is 0 Å². The fourth-order valence-electron chi connectivity index (χ4n) is 3.38. The van der Waals surface area contributed by atoms with Crippen molar-refractivity contribution in [3.8, 4) is 5.75 Å². The number of aliphatic hydroxyl groups is 1. The lowest BCUT2D eigenvalue weighted by molar-refractivity contribution is -0.126. The maximum Gasteiger partial charge on any atom is 0.230 e. The molecule has 0 aromatic heterocycles. The average molecular weight is 319 g/mol. The van der Waals surface area contributed by atoms with Crippen LogP contribution in [0.15, 0.2) is 24.3 Å². The smallest absolute Gasteiger partial charge is 0.230 e. The van der Waals surface area contributed by atoms with E-state index in [-0.39, 0.29) is 17.9 Å². The number of nitrogens with one attached hydrogen (secondary N) is 1. The van der Waals surface area contributed by atoms with Gasteiger partial charge >= 0.3 is 0 Å². The maximum absolute atomic E-state index is 12.9. The lowest BCUT2D eigenvalue weighted by atomic mass is 9.78. The molecule has 2 N–H and O–H groups in total. The molecule has 1 fully saturated rings. The monoisotopic (exact) mass is 319 g/mol. The van der Waals surface area contributed by atoms with Crippen molar-refractivity contribution in [3.05, 3.63) is 29.8 Å². The molecule has 23 heavy (non-hydrogen) atoms. The van der Waals surface area contributed by atoms with Crippen LogP contribution in [-0.4, -0.2) is 30.8 Å². The second-order valence-corrected chi connectivity index (χ2v) is 6.88. The Balaban J connectivity index is 2.09. The number of hydrogen-bond acceptors (Lipinski definition) is 3. The number of aliphatic hydroxyl groups excluding tert-OH is 1. The van der Waals surface area contributed by atoms with Crippen LogP contribution in [0.3, 0.4) is 0 Å². The summed E-state index contributed by atoms with van der Waals surface area (Å²) in [5, 5.41) is 12.9. The van der Waals surface area contributed by atoms with Crippen LogP contribution in [0.5, 0.6) is 5.75 Å². The van der Waals surface area contributed by atoms with Crippen molar-refractivity contribution < 1.29 is 14.6 Å². The van der Waals surface area contributed by atoms with E-state index >= 15 is 0 Å². The van der Waals surface area contributed by atoms with Gasteiger partial charge in [-0.05, 0) is 42.9 Å². The third-order valence-corrected chi connectivity index (χ3v) is 5.01. The number of carbonyl (C=O) groups excluding carboxylic acids is 1. The van der Waals surface area contributed by atoms with E-state index in [2.05, 4.69) is 5.32 Å². The van der Waals surface area contributed by atoms with Gasteiger partial charge in [0.25, 0.3) is 0 Å².